The molecule has 0 spiro atoms. The SMILES string of the molecule is CCOC(=O)/C(=C\Nc1ccnc(Cl)c1)c1ccc(C(F)(F)F)cc1. The molecule has 0 saturated heterocycles. The molecule has 0 atom stereocenters. The summed E-state index contributed by atoms with van der Waals surface area (Å²) in [5.74, 6) is -0.657. The number of carbonyl (C=O) groups excluding carboxylic acids is 1. The number of nitrogens with one attached hydrogen (secondary N) is 1. The topological polar surface area (TPSA) is 51.2 Å². The molecule has 0 aliphatic heterocycles. The van der Waals surface area contributed by atoms with Crippen molar-refractivity contribution < 1.29 is 22.7 Å². The molecule has 1 aromatic carbocycles. The first-order chi connectivity index (χ1) is 11.8. The van der Waals surface area contributed by atoms with Crippen molar-refractivity contribution in [2.45, 2.75) is 13.1 Å². The van der Waals surface area contributed by atoms with Crippen molar-refractivity contribution in [3.05, 3.63) is 65.1 Å². The van der Waals surface area contributed by atoms with E-state index in [1.54, 1.807) is 13.0 Å². The van der Waals surface area contributed by atoms with Gasteiger partial charge in [0.25, 0.3) is 0 Å². The first-order valence-electron chi connectivity index (χ1n) is 7.24. The summed E-state index contributed by atoms with van der Waals surface area (Å²) in [5.41, 5.74) is 0.143. The van der Waals surface area contributed by atoms with Crippen LogP contribution in [0.4, 0.5) is 18.9 Å². The first-order valence-corrected chi connectivity index (χ1v) is 7.62. The lowest BCUT2D eigenvalue weighted by Crippen LogP contribution is -2.09. The second-order valence-corrected chi connectivity index (χ2v) is 5.25. The zero-order valence-corrected chi connectivity index (χ0v) is 13.9. The summed E-state index contributed by atoms with van der Waals surface area (Å²) in [4.78, 5) is 16.0. The van der Waals surface area contributed by atoms with E-state index < -0.39 is 17.7 Å². The van der Waals surface area contributed by atoms with E-state index >= 15 is 0 Å². The molecule has 1 N–H and O–H groups in total. The van der Waals surface area contributed by atoms with Gasteiger partial charge in [-0.05, 0) is 36.8 Å². The van der Waals surface area contributed by atoms with Gasteiger partial charge in [0.2, 0.25) is 0 Å². The Kier molecular flexibility index (Phi) is 6.03. The highest BCUT2D eigenvalue weighted by molar-refractivity contribution is 6.29. The Bertz CT molecular complexity index is 774. The highest BCUT2D eigenvalue weighted by atomic mass is 35.5. The summed E-state index contributed by atoms with van der Waals surface area (Å²) in [7, 11) is 0. The van der Waals surface area contributed by atoms with Crippen LogP contribution in [0, 0.1) is 0 Å². The van der Waals surface area contributed by atoms with Crippen molar-refractivity contribution in [3.8, 4) is 0 Å². The second kappa shape index (κ2) is 8.02. The largest absolute Gasteiger partial charge is 0.462 e. The minimum absolute atomic E-state index is 0.0866. The van der Waals surface area contributed by atoms with E-state index in [9.17, 15) is 18.0 Å². The highest BCUT2D eigenvalue weighted by Gasteiger charge is 2.30. The number of hydrogen-bond acceptors (Lipinski definition) is 4. The molecule has 0 unspecified atom stereocenters. The molecule has 0 bridgehead atoms. The fraction of sp³-hybridized carbons (Fsp3) is 0.176. The van der Waals surface area contributed by atoms with Crippen LogP contribution in [0.3, 0.4) is 0 Å². The third-order valence-electron chi connectivity index (χ3n) is 3.13. The summed E-state index contributed by atoms with van der Waals surface area (Å²) >= 11 is 5.78. The van der Waals surface area contributed by atoms with Crippen molar-refractivity contribution in [2.75, 3.05) is 11.9 Å². The quantitative estimate of drug-likeness (QED) is 0.468. The van der Waals surface area contributed by atoms with Gasteiger partial charge >= 0.3 is 12.1 Å². The van der Waals surface area contributed by atoms with Gasteiger partial charge in [0.1, 0.15) is 5.15 Å². The van der Waals surface area contributed by atoms with Crippen LogP contribution >= 0.6 is 11.6 Å². The zero-order valence-electron chi connectivity index (χ0n) is 13.1. The predicted molar refractivity (Wildman–Crippen MR) is 88.9 cm³/mol. The number of ether oxygens (including phenoxy) is 1. The summed E-state index contributed by atoms with van der Waals surface area (Å²) in [6.07, 6.45) is -1.62. The van der Waals surface area contributed by atoms with Crippen LogP contribution in [-0.2, 0) is 15.7 Å². The molecule has 2 rings (SSSR count). The number of alkyl halides is 3. The predicted octanol–water partition coefficient (Wildman–Crippen LogP) is 4.77. The molecule has 25 heavy (non-hydrogen) atoms. The van der Waals surface area contributed by atoms with Crippen molar-refractivity contribution in [3.63, 3.8) is 0 Å². The molecule has 132 valence electrons. The van der Waals surface area contributed by atoms with Crippen molar-refractivity contribution in [1.29, 1.82) is 0 Å². The van der Waals surface area contributed by atoms with Crippen molar-refractivity contribution in [2.24, 2.45) is 0 Å². The lowest BCUT2D eigenvalue weighted by molar-refractivity contribution is -0.137. The molecule has 0 radical (unpaired) electrons. The number of hydrogen-bond donors (Lipinski definition) is 1. The molecule has 8 heteroatoms. The van der Waals surface area contributed by atoms with Gasteiger partial charge in [0.15, 0.2) is 0 Å². The van der Waals surface area contributed by atoms with Crippen LogP contribution in [0.25, 0.3) is 5.57 Å². The molecule has 0 amide bonds. The number of nitrogens with zero attached hydrogens (tertiary/aromatic N) is 1. The summed E-state index contributed by atoms with van der Waals surface area (Å²) < 4.78 is 43.0. The average molecular weight is 371 g/mol. The smallest absolute Gasteiger partial charge is 0.416 e. The maximum absolute atomic E-state index is 12.7. The van der Waals surface area contributed by atoms with Crippen LogP contribution in [0.1, 0.15) is 18.1 Å². The molecule has 1 aromatic heterocycles. The number of aromatic nitrogens is 1. The van der Waals surface area contributed by atoms with Gasteiger partial charge in [-0.1, -0.05) is 23.7 Å². The third kappa shape index (κ3) is 5.22. The number of rotatable bonds is 5. The van der Waals surface area contributed by atoms with Crippen LogP contribution in [0.2, 0.25) is 5.15 Å². The minimum Gasteiger partial charge on any atom is -0.462 e. The van der Waals surface area contributed by atoms with Crippen LogP contribution in [0.5, 0.6) is 0 Å². The number of pyridine rings is 1. The van der Waals surface area contributed by atoms with Crippen molar-refractivity contribution in [1.82, 2.24) is 4.98 Å². The average Bonchev–Trinajstić information content (AvgIpc) is 2.55. The minimum atomic E-state index is -4.45. The number of carbonyl (C=O) groups is 1. The van der Waals surface area contributed by atoms with Gasteiger partial charge in [-0.25, -0.2) is 9.78 Å². The lowest BCUT2D eigenvalue weighted by atomic mass is 10.0. The van der Waals surface area contributed by atoms with E-state index in [0.717, 1.165) is 12.1 Å². The van der Waals surface area contributed by atoms with E-state index in [4.69, 9.17) is 16.3 Å². The van der Waals surface area contributed by atoms with Gasteiger partial charge in [0, 0.05) is 18.1 Å². The van der Waals surface area contributed by atoms with Crippen molar-refractivity contribution >= 4 is 28.8 Å². The molecule has 0 aliphatic rings. The standard InChI is InChI=1S/C17H14ClF3N2O2/c1-2-25-16(24)14(10-23-13-7-8-22-15(18)9-13)11-3-5-12(6-4-11)17(19,20)21/h3-10H,2H2,1H3,(H,22,23)/b14-10-. The summed E-state index contributed by atoms with van der Waals surface area (Å²) in [5, 5.41) is 3.11. The molecule has 4 nitrogen and oxygen atoms in total. The van der Waals surface area contributed by atoms with E-state index in [0.29, 0.717) is 11.3 Å². The molecular formula is C17H14ClF3N2O2. The Morgan fingerprint density at radius 2 is 1.96 bits per heavy atom. The van der Waals surface area contributed by atoms with Gasteiger partial charge in [-0.15, -0.1) is 0 Å². The van der Waals surface area contributed by atoms with Gasteiger partial charge in [-0.2, -0.15) is 13.2 Å². The highest BCUT2D eigenvalue weighted by Crippen LogP contribution is 2.30. The Labute approximate surface area is 147 Å². The monoisotopic (exact) mass is 370 g/mol. The number of halogens is 4. The van der Waals surface area contributed by atoms with E-state index in [2.05, 4.69) is 10.3 Å². The Morgan fingerprint density at radius 1 is 1.28 bits per heavy atom. The Hall–Kier alpha value is -2.54. The Balaban J connectivity index is 2.32. The molecular weight excluding hydrogens is 357 g/mol. The van der Waals surface area contributed by atoms with E-state index in [1.807, 2.05) is 0 Å². The normalized spacial score (nSPS) is 12.0. The number of benzene rings is 1. The maximum Gasteiger partial charge on any atom is 0.416 e. The summed E-state index contributed by atoms with van der Waals surface area (Å²) in [6.45, 7) is 1.77. The summed E-state index contributed by atoms with van der Waals surface area (Å²) in [6, 6.07) is 7.41. The molecule has 0 saturated carbocycles. The molecule has 2 aromatic rings. The Morgan fingerprint density at radius 3 is 2.52 bits per heavy atom. The second-order valence-electron chi connectivity index (χ2n) is 4.87. The van der Waals surface area contributed by atoms with Gasteiger partial charge < -0.3 is 10.1 Å². The fourth-order valence-corrected chi connectivity index (χ4v) is 2.13. The third-order valence-corrected chi connectivity index (χ3v) is 3.34. The van der Waals surface area contributed by atoms with Gasteiger partial charge in [0.05, 0.1) is 17.7 Å². The fourth-order valence-electron chi connectivity index (χ4n) is 1.96. The lowest BCUT2D eigenvalue weighted by Gasteiger charge is -2.11. The number of anilines is 1. The van der Waals surface area contributed by atoms with Crippen LogP contribution in [0.15, 0.2) is 48.8 Å². The molecule has 0 aliphatic carbocycles. The molecule has 0 fully saturated rings. The maximum atomic E-state index is 12.7. The van der Waals surface area contributed by atoms with E-state index in [1.165, 1.54) is 30.6 Å². The van der Waals surface area contributed by atoms with Crippen LogP contribution in [-0.4, -0.2) is 17.6 Å². The molecule has 1 heterocycles. The number of esters is 1. The van der Waals surface area contributed by atoms with Crippen LogP contribution < -0.4 is 5.32 Å². The zero-order chi connectivity index (χ0) is 18.4. The van der Waals surface area contributed by atoms with E-state index in [-0.39, 0.29) is 17.3 Å². The first kappa shape index (κ1) is 18.8. The van der Waals surface area contributed by atoms with Gasteiger partial charge in [-0.3, -0.25) is 0 Å².